The normalized spacial score (nSPS) is 9.62. The zero-order chi connectivity index (χ0) is 9.68. The van der Waals surface area contributed by atoms with Crippen molar-refractivity contribution in [2.75, 3.05) is 5.75 Å². The molecule has 0 aliphatic carbocycles. The number of thioether (sulfide) groups is 1. The van der Waals surface area contributed by atoms with Crippen LogP contribution >= 0.6 is 11.8 Å². The second kappa shape index (κ2) is 4.88. The van der Waals surface area contributed by atoms with E-state index in [1.807, 2.05) is 0 Å². The van der Waals surface area contributed by atoms with Gasteiger partial charge in [-0.05, 0) is 12.1 Å². The molecule has 0 aliphatic heterocycles. The van der Waals surface area contributed by atoms with Gasteiger partial charge in [0.2, 0.25) is 0 Å². The van der Waals surface area contributed by atoms with Crippen molar-refractivity contribution in [2.24, 2.45) is 0 Å². The molecule has 0 spiro atoms. The maximum absolute atomic E-state index is 13.0. The summed E-state index contributed by atoms with van der Waals surface area (Å²) < 4.78 is 25.4. The van der Waals surface area contributed by atoms with Crippen molar-refractivity contribution in [1.82, 2.24) is 0 Å². The topological polar surface area (TPSA) is 0 Å². The molecule has 0 atom stereocenters. The lowest BCUT2D eigenvalue weighted by molar-refractivity contribution is 0.565. The molecule has 68 valence electrons. The Kier molecular flexibility index (Phi) is 3.78. The van der Waals surface area contributed by atoms with E-state index >= 15 is 0 Å². The molecule has 0 aromatic heterocycles. The summed E-state index contributed by atoms with van der Waals surface area (Å²) in [4.78, 5) is 0.441. The molecule has 1 rings (SSSR count). The number of benzene rings is 1. The lowest BCUT2D eigenvalue weighted by Crippen LogP contribution is -1.84. The molecule has 3 heteroatoms. The molecule has 0 saturated carbocycles. The molecule has 0 fully saturated rings. The molecule has 0 unspecified atom stereocenters. The Bertz CT molecular complexity index is 328. The number of hydrogen-bond acceptors (Lipinski definition) is 1. The maximum atomic E-state index is 13.0. The second-order valence-electron chi connectivity index (χ2n) is 2.38. The molecule has 1 aromatic carbocycles. The van der Waals surface area contributed by atoms with Crippen LogP contribution in [0.1, 0.15) is 6.42 Å². The highest BCUT2D eigenvalue weighted by molar-refractivity contribution is 7.99. The molecule has 0 heterocycles. The van der Waals surface area contributed by atoms with Gasteiger partial charge in [0, 0.05) is 23.1 Å². The maximum Gasteiger partial charge on any atom is 0.139 e. The van der Waals surface area contributed by atoms with Gasteiger partial charge in [0.25, 0.3) is 0 Å². The van der Waals surface area contributed by atoms with Gasteiger partial charge >= 0.3 is 0 Å². The van der Waals surface area contributed by atoms with Crippen molar-refractivity contribution in [2.45, 2.75) is 11.3 Å². The van der Waals surface area contributed by atoms with Gasteiger partial charge in [-0.25, -0.2) is 8.78 Å². The van der Waals surface area contributed by atoms with Crippen molar-refractivity contribution in [3.63, 3.8) is 0 Å². The van der Waals surface area contributed by atoms with E-state index in [9.17, 15) is 8.78 Å². The fraction of sp³-hybridized carbons (Fsp3) is 0.200. The highest BCUT2D eigenvalue weighted by Crippen LogP contribution is 2.22. The summed E-state index contributed by atoms with van der Waals surface area (Å²) in [5, 5.41) is 0. The van der Waals surface area contributed by atoms with E-state index in [0.29, 0.717) is 17.1 Å². The number of rotatable bonds is 3. The average molecular weight is 198 g/mol. The van der Waals surface area contributed by atoms with Gasteiger partial charge in [-0.2, -0.15) is 0 Å². The molecule has 0 aliphatic rings. The fourth-order valence-corrected chi connectivity index (χ4v) is 1.61. The van der Waals surface area contributed by atoms with Gasteiger partial charge < -0.3 is 0 Å². The molecule has 0 amide bonds. The second-order valence-corrected chi connectivity index (χ2v) is 3.51. The van der Waals surface area contributed by atoms with Crippen LogP contribution in [0.15, 0.2) is 23.1 Å². The van der Waals surface area contributed by atoms with Gasteiger partial charge in [-0.3, -0.25) is 0 Å². The third kappa shape index (κ3) is 3.08. The molecule has 0 saturated heterocycles. The summed E-state index contributed by atoms with van der Waals surface area (Å²) in [5.74, 6) is 2.02. The van der Waals surface area contributed by atoms with Crippen molar-refractivity contribution >= 4 is 11.8 Å². The van der Waals surface area contributed by atoms with E-state index in [-0.39, 0.29) is 0 Å². The van der Waals surface area contributed by atoms with Crippen molar-refractivity contribution in [3.05, 3.63) is 29.8 Å². The highest BCUT2D eigenvalue weighted by atomic mass is 32.2. The highest BCUT2D eigenvalue weighted by Gasteiger charge is 2.02. The zero-order valence-electron chi connectivity index (χ0n) is 6.89. The van der Waals surface area contributed by atoms with E-state index in [1.165, 1.54) is 23.9 Å². The van der Waals surface area contributed by atoms with Crippen molar-refractivity contribution in [3.8, 4) is 12.3 Å². The van der Waals surface area contributed by atoms with Crippen LogP contribution in [0.3, 0.4) is 0 Å². The average Bonchev–Trinajstić information content (AvgIpc) is 2.09. The Morgan fingerprint density at radius 1 is 1.38 bits per heavy atom. The summed E-state index contributed by atoms with van der Waals surface area (Å²) in [6, 6.07) is 3.53. The number of hydrogen-bond donors (Lipinski definition) is 0. The monoisotopic (exact) mass is 198 g/mol. The smallest absolute Gasteiger partial charge is 0.139 e. The van der Waals surface area contributed by atoms with Crippen LogP contribution in [0.25, 0.3) is 0 Å². The quantitative estimate of drug-likeness (QED) is 0.408. The third-order valence-corrected chi connectivity index (χ3v) is 2.45. The number of halogens is 2. The van der Waals surface area contributed by atoms with Crippen LogP contribution in [0, 0.1) is 24.0 Å². The van der Waals surface area contributed by atoms with E-state index in [1.54, 1.807) is 0 Å². The first-order chi connectivity index (χ1) is 6.24. The van der Waals surface area contributed by atoms with E-state index in [0.717, 1.165) is 6.07 Å². The predicted octanol–water partition coefficient (Wildman–Crippen LogP) is 3.08. The SMILES string of the molecule is C#CCCSc1ccc(F)cc1F. The van der Waals surface area contributed by atoms with Crippen LogP contribution < -0.4 is 0 Å². The first-order valence-corrected chi connectivity index (χ1v) is 4.74. The van der Waals surface area contributed by atoms with Crippen LogP contribution in [0.2, 0.25) is 0 Å². The Morgan fingerprint density at radius 2 is 2.15 bits per heavy atom. The summed E-state index contributed by atoms with van der Waals surface area (Å²) in [6.07, 6.45) is 5.62. The van der Waals surface area contributed by atoms with E-state index in [4.69, 9.17) is 6.42 Å². The Hall–Kier alpha value is -1.01. The first-order valence-electron chi connectivity index (χ1n) is 3.75. The molecular formula is C10H8F2S. The molecule has 0 bridgehead atoms. The van der Waals surface area contributed by atoms with Gasteiger partial charge in [-0.15, -0.1) is 24.1 Å². The lowest BCUT2D eigenvalue weighted by Gasteiger charge is -2.00. The molecule has 0 nitrogen and oxygen atoms in total. The Balaban J connectivity index is 2.62. The van der Waals surface area contributed by atoms with E-state index < -0.39 is 11.6 Å². The molecule has 0 radical (unpaired) electrons. The van der Waals surface area contributed by atoms with Crippen molar-refractivity contribution in [1.29, 1.82) is 0 Å². The number of terminal acetylenes is 1. The van der Waals surface area contributed by atoms with Crippen LogP contribution in [-0.4, -0.2) is 5.75 Å². The Morgan fingerprint density at radius 3 is 2.77 bits per heavy atom. The predicted molar refractivity (Wildman–Crippen MR) is 50.5 cm³/mol. The Labute approximate surface area is 80.3 Å². The van der Waals surface area contributed by atoms with Gasteiger partial charge in [-0.1, -0.05) is 0 Å². The standard InChI is InChI=1S/C10H8F2S/c1-2-3-6-13-10-5-4-8(11)7-9(10)12/h1,4-5,7H,3,6H2. The summed E-state index contributed by atoms with van der Waals surface area (Å²) >= 11 is 1.30. The van der Waals surface area contributed by atoms with Gasteiger partial charge in [0.15, 0.2) is 0 Å². The summed E-state index contributed by atoms with van der Waals surface area (Å²) in [6.45, 7) is 0. The summed E-state index contributed by atoms with van der Waals surface area (Å²) in [7, 11) is 0. The van der Waals surface area contributed by atoms with Crippen molar-refractivity contribution < 1.29 is 8.78 Å². The van der Waals surface area contributed by atoms with Gasteiger partial charge in [0.1, 0.15) is 11.6 Å². The first kappa shape index (κ1) is 10.1. The molecule has 0 N–H and O–H groups in total. The minimum Gasteiger partial charge on any atom is -0.207 e. The molecular weight excluding hydrogens is 190 g/mol. The van der Waals surface area contributed by atoms with E-state index in [2.05, 4.69) is 5.92 Å². The minimum absolute atomic E-state index is 0.441. The summed E-state index contributed by atoms with van der Waals surface area (Å²) in [5.41, 5.74) is 0. The zero-order valence-corrected chi connectivity index (χ0v) is 7.70. The molecule has 13 heavy (non-hydrogen) atoms. The van der Waals surface area contributed by atoms with Crippen LogP contribution in [0.5, 0.6) is 0 Å². The van der Waals surface area contributed by atoms with Crippen LogP contribution in [-0.2, 0) is 0 Å². The fourth-order valence-electron chi connectivity index (χ4n) is 0.812. The van der Waals surface area contributed by atoms with Gasteiger partial charge in [0.05, 0.1) is 0 Å². The minimum atomic E-state index is -0.557. The molecule has 1 aromatic rings. The largest absolute Gasteiger partial charge is 0.207 e. The third-order valence-electron chi connectivity index (χ3n) is 1.40. The lowest BCUT2D eigenvalue weighted by atomic mass is 10.3. The van der Waals surface area contributed by atoms with Crippen LogP contribution in [0.4, 0.5) is 8.78 Å².